The molecule has 0 aliphatic carbocycles. The van der Waals surface area contributed by atoms with Crippen molar-refractivity contribution in [2.45, 2.75) is 53.1 Å². The lowest BCUT2D eigenvalue weighted by molar-refractivity contribution is 0.322. The topological polar surface area (TPSA) is 35.8 Å². The summed E-state index contributed by atoms with van der Waals surface area (Å²) in [5.74, 6) is 0. The molecule has 0 bridgehead atoms. The Morgan fingerprint density at radius 3 is 2.45 bits per heavy atom. The quantitative estimate of drug-likeness (QED) is 0.497. The molecule has 0 amide bonds. The van der Waals surface area contributed by atoms with Crippen molar-refractivity contribution in [1.29, 1.82) is 0 Å². The lowest BCUT2D eigenvalue weighted by Gasteiger charge is -2.46. The number of aryl methyl sites for hydroxylation is 1. The molecule has 1 aromatic rings. The van der Waals surface area contributed by atoms with E-state index in [1.807, 2.05) is 0 Å². The van der Waals surface area contributed by atoms with Crippen LogP contribution in [0.4, 0.5) is 5.69 Å². The number of hydrogen-bond acceptors (Lipinski definition) is 3. The molecule has 20 heavy (non-hydrogen) atoms. The lowest BCUT2D eigenvalue weighted by Crippen LogP contribution is -2.49. The fourth-order valence-corrected chi connectivity index (χ4v) is 3.36. The van der Waals surface area contributed by atoms with Gasteiger partial charge in [-0.05, 0) is 70.4 Å². The Bertz CT molecular complexity index is 583. The van der Waals surface area contributed by atoms with Gasteiger partial charge < -0.3 is 10.1 Å². The van der Waals surface area contributed by atoms with Gasteiger partial charge >= 0.3 is 0 Å². The van der Waals surface area contributed by atoms with Crippen molar-refractivity contribution < 1.29 is 5.21 Å². The highest BCUT2D eigenvalue weighted by atomic mass is 16.4. The van der Waals surface area contributed by atoms with Gasteiger partial charge in [0.1, 0.15) is 0 Å². The van der Waals surface area contributed by atoms with E-state index in [1.165, 1.54) is 23.0 Å². The Hall–Kier alpha value is -1.77. The highest BCUT2D eigenvalue weighted by molar-refractivity contribution is 5.89. The summed E-state index contributed by atoms with van der Waals surface area (Å²) in [6.07, 6.45) is 3.81. The second-order valence-corrected chi connectivity index (χ2v) is 6.42. The number of rotatable bonds is 2. The minimum absolute atomic E-state index is 0.00424. The van der Waals surface area contributed by atoms with Gasteiger partial charge in [-0.25, -0.2) is 0 Å². The summed E-state index contributed by atoms with van der Waals surface area (Å²) in [5.41, 5.74) is 5.84. The molecule has 0 atom stereocenters. The third-order valence-electron chi connectivity index (χ3n) is 3.97. The lowest BCUT2D eigenvalue weighted by atomic mass is 9.86. The maximum Gasteiger partial charge on any atom is 0.0736 e. The fourth-order valence-electron chi connectivity index (χ4n) is 3.36. The van der Waals surface area contributed by atoms with Crippen LogP contribution in [0.25, 0.3) is 5.57 Å². The maximum absolute atomic E-state index is 8.78. The standard InChI is InChI=1S/C17H24N2O/c1-11(2)19-16-7-12(3)14(10-18-20)8-15(16)13(4)9-17(19,5)6/h7-11,20H,1-6H3/b18-10+. The zero-order valence-electron chi connectivity index (χ0n) is 13.2. The molecule has 3 heteroatoms. The second-order valence-electron chi connectivity index (χ2n) is 6.42. The highest BCUT2D eigenvalue weighted by Gasteiger charge is 2.33. The van der Waals surface area contributed by atoms with Gasteiger partial charge in [-0.3, -0.25) is 0 Å². The number of hydrogen-bond donors (Lipinski definition) is 1. The molecule has 0 spiro atoms. The minimum atomic E-state index is 0.00424. The molecule has 0 fully saturated rings. The van der Waals surface area contributed by atoms with Crippen LogP contribution in [0.2, 0.25) is 0 Å². The van der Waals surface area contributed by atoms with E-state index < -0.39 is 0 Å². The summed E-state index contributed by atoms with van der Waals surface area (Å²) in [5, 5.41) is 11.9. The molecule has 1 heterocycles. The van der Waals surface area contributed by atoms with Crippen LogP contribution in [0.15, 0.2) is 23.4 Å². The SMILES string of the molecule is CC1=CC(C)(C)N(C(C)C)c2cc(C)c(/C=N/O)cc21. The molecular weight excluding hydrogens is 248 g/mol. The summed E-state index contributed by atoms with van der Waals surface area (Å²) in [6.45, 7) is 13.1. The largest absolute Gasteiger partial charge is 0.411 e. The van der Waals surface area contributed by atoms with E-state index in [1.54, 1.807) is 0 Å². The van der Waals surface area contributed by atoms with E-state index in [9.17, 15) is 0 Å². The average Bonchev–Trinajstić information content (AvgIpc) is 2.29. The molecule has 0 unspecified atom stereocenters. The van der Waals surface area contributed by atoms with Gasteiger partial charge in [0, 0.05) is 17.3 Å². The minimum Gasteiger partial charge on any atom is -0.411 e. The molecule has 0 saturated carbocycles. The van der Waals surface area contributed by atoms with Crippen LogP contribution in [0.1, 0.15) is 51.3 Å². The van der Waals surface area contributed by atoms with Gasteiger partial charge in [0.25, 0.3) is 0 Å². The first-order chi connectivity index (χ1) is 9.27. The monoisotopic (exact) mass is 272 g/mol. The summed E-state index contributed by atoms with van der Waals surface area (Å²) in [6, 6.07) is 4.73. The van der Waals surface area contributed by atoms with Crippen LogP contribution in [0.3, 0.4) is 0 Å². The van der Waals surface area contributed by atoms with Crippen LogP contribution in [-0.4, -0.2) is 23.0 Å². The summed E-state index contributed by atoms with van der Waals surface area (Å²) in [7, 11) is 0. The Morgan fingerprint density at radius 1 is 1.25 bits per heavy atom. The summed E-state index contributed by atoms with van der Waals surface area (Å²) >= 11 is 0. The van der Waals surface area contributed by atoms with Crippen LogP contribution >= 0.6 is 0 Å². The average molecular weight is 272 g/mol. The van der Waals surface area contributed by atoms with E-state index in [-0.39, 0.29) is 5.54 Å². The molecule has 0 radical (unpaired) electrons. The number of fused-ring (bicyclic) bond motifs is 1. The van der Waals surface area contributed by atoms with Crippen molar-refractivity contribution in [2.75, 3.05) is 4.90 Å². The normalized spacial score (nSPS) is 17.6. The predicted octanol–water partition coefficient (Wildman–Crippen LogP) is 4.21. The third-order valence-corrected chi connectivity index (χ3v) is 3.97. The van der Waals surface area contributed by atoms with Crippen molar-refractivity contribution in [3.8, 4) is 0 Å². The smallest absolute Gasteiger partial charge is 0.0736 e. The van der Waals surface area contributed by atoms with Crippen molar-refractivity contribution in [3.05, 3.63) is 34.9 Å². The molecule has 1 aliphatic rings. The first-order valence-corrected chi connectivity index (χ1v) is 7.09. The Morgan fingerprint density at radius 2 is 1.90 bits per heavy atom. The first-order valence-electron chi connectivity index (χ1n) is 7.09. The maximum atomic E-state index is 8.78. The van der Waals surface area contributed by atoms with Gasteiger partial charge in [-0.1, -0.05) is 11.2 Å². The van der Waals surface area contributed by atoms with Crippen LogP contribution in [0.5, 0.6) is 0 Å². The number of oxime groups is 1. The molecule has 1 aromatic carbocycles. The van der Waals surface area contributed by atoms with Gasteiger partial charge in [-0.15, -0.1) is 0 Å². The van der Waals surface area contributed by atoms with E-state index in [2.05, 4.69) is 69.8 Å². The third kappa shape index (κ3) is 2.33. The molecule has 2 rings (SSSR count). The van der Waals surface area contributed by atoms with E-state index in [0.717, 1.165) is 11.1 Å². The van der Waals surface area contributed by atoms with Gasteiger partial charge in [0.2, 0.25) is 0 Å². The number of allylic oxidation sites excluding steroid dienone is 1. The molecule has 3 nitrogen and oxygen atoms in total. The number of anilines is 1. The van der Waals surface area contributed by atoms with E-state index >= 15 is 0 Å². The van der Waals surface area contributed by atoms with E-state index in [4.69, 9.17) is 5.21 Å². The first kappa shape index (κ1) is 14.6. The number of benzene rings is 1. The zero-order chi connectivity index (χ0) is 15.1. The van der Waals surface area contributed by atoms with Gasteiger partial charge in [0.05, 0.1) is 11.8 Å². The molecule has 1 N–H and O–H groups in total. The van der Waals surface area contributed by atoms with Crippen molar-refractivity contribution >= 4 is 17.5 Å². The highest BCUT2D eigenvalue weighted by Crippen LogP contribution is 2.41. The molecule has 0 aromatic heterocycles. The Labute approximate surface area is 121 Å². The van der Waals surface area contributed by atoms with E-state index in [0.29, 0.717) is 6.04 Å². The van der Waals surface area contributed by atoms with Gasteiger partial charge in [0.15, 0.2) is 0 Å². The summed E-state index contributed by atoms with van der Waals surface area (Å²) < 4.78 is 0. The molecule has 0 saturated heterocycles. The van der Waals surface area contributed by atoms with Crippen LogP contribution < -0.4 is 4.90 Å². The fraction of sp³-hybridized carbons (Fsp3) is 0.471. The van der Waals surface area contributed by atoms with Crippen LogP contribution in [-0.2, 0) is 0 Å². The van der Waals surface area contributed by atoms with Crippen LogP contribution in [0, 0.1) is 6.92 Å². The zero-order valence-corrected chi connectivity index (χ0v) is 13.2. The number of nitrogens with zero attached hydrogens (tertiary/aromatic N) is 2. The molecule has 1 aliphatic heterocycles. The Kier molecular flexibility index (Phi) is 3.63. The Balaban J connectivity index is 2.70. The molecule has 108 valence electrons. The van der Waals surface area contributed by atoms with Crippen molar-refractivity contribution in [2.24, 2.45) is 5.16 Å². The summed E-state index contributed by atoms with van der Waals surface area (Å²) in [4.78, 5) is 2.45. The van der Waals surface area contributed by atoms with Gasteiger partial charge in [-0.2, -0.15) is 0 Å². The van der Waals surface area contributed by atoms with Crippen molar-refractivity contribution in [3.63, 3.8) is 0 Å². The van der Waals surface area contributed by atoms with Crippen molar-refractivity contribution in [1.82, 2.24) is 0 Å². The molecular formula is C17H24N2O. The predicted molar refractivity (Wildman–Crippen MR) is 85.9 cm³/mol. The second kappa shape index (κ2) is 4.97.